The van der Waals surface area contributed by atoms with Crippen molar-refractivity contribution in [3.8, 4) is 17.2 Å². The molecule has 0 unspecified atom stereocenters. The molecule has 0 fully saturated rings. The third kappa shape index (κ3) is 2.78. The minimum atomic E-state index is 0.700. The number of hydrogen-bond donors (Lipinski definition) is 0. The molecule has 0 atom stereocenters. The predicted molar refractivity (Wildman–Crippen MR) is 72.0 cm³/mol. The Morgan fingerprint density at radius 2 is 2.11 bits per heavy atom. The molecule has 0 N–H and O–H groups in total. The van der Waals surface area contributed by atoms with Gasteiger partial charge in [0, 0.05) is 18.3 Å². The molecule has 92 valence electrons. The molecular weight excluding hydrogens is 222 g/mol. The lowest BCUT2D eigenvalue weighted by molar-refractivity contribution is 0.572. The van der Waals surface area contributed by atoms with Crippen LogP contribution in [0.5, 0.6) is 0 Å². The number of hydrogen-bond acceptors (Lipinski definition) is 2. The zero-order valence-electron chi connectivity index (χ0n) is 10.8. The smallest absolute Gasteiger partial charge is 0.0991 e. The summed E-state index contributed by atoms with van der Waals surface area (Å²) in [6, 6.07) is 8.08. The highest BCUT2D eigenvalue weighted by Gasteiger charge is 2.04. The molecule has 1 aromatic carbocycles. The van der Waals surface area contributed by atoms with Gasteiger partial charge in [0.15, 0.2) is 0 Å². The Kier molecular flexibility index (Phi) is 3.78. The van der Waals surface area contributed by atoms with Crippen LogP contribution in [-0.2, 0) is 6.54 Å². The highest BCUT2D eigenvalue weighted by molar-refractivity contribution is 5.64. The van der Waals surface area contributed by atoms with Gasteiger partial charge in [0.25, 0.3) is 0 Å². The Balaban J connectivity index is 2.28. The van der Waals surface area contributed by atoms with Gasteiger partial charge < -0.3 is 0 Å². The Bertz CT molecular complexity index is 576. The van der Waals surface area contributed by atoms with E-state index in [1.165, 1.54) is 0 Å². The Morgan fingerprint density at radius 3 is 2.83 bits per heavy atom. The Hall–Kier alpha value is -2.08. The second kappa shape index (κ2) is 5.50. The maximum absolute atomic E-state index is 8.98. The lowest BCUT2D eigenvalue weighted by Gasteiger charge is -2.01. The van der Waals surface area contributed by atoms with Crippen LogP contribution in [-0.4, -0.2) is 9.78 Å². The van der Waals surface area contributed by atoms with Gasteiger partial charge in [0.2, 0.25) is 0 Å². The molecule has 2 rings (SSSR count). The third-order valence-corrected chi connectivity index (χ3v) is 2.91. The van der Waals surface area contributed by atoms with Crippen LogP contribution in [0.3, 0.4) is 0 Å². The number of benzene rings is 1. The van der Waals surface area contributed by atoms with E-state index in [9.17, 15) is 0 Å². The van der Waals surface area contributed by atoms with Crippen molar-refractivity contribution in [3.05, 3.63) is 41.7 Å². The van der Waals surface area contributed by atoms with Crippen LogP contribution in [0.4, 0.5) is 0 Å². The summed E-state index contributed by atoms with van der Waals surface area (Å²) in [5, 5.41) is 13.3. The van der Waals surface area contributed by atoms with Crippen LogP contribution >= 0.6 is 0 Å². The number of nitrogens with zero attached hydrogens (tertiary/aromatic N) is 3. The zero-order chi connectivity index (χ0) is 13.0. The van der Waals surface area contributed by atoms with Crippen molar-refractivity contribution in [1.29, 1.82) is 5.26 Å². The van der Waals surface area contributed by atoms with Gasteiger partial charge in [-0.25, -0.2) is 0 Å². The summed E-state index contributed by atoms with van der Waals surface area (Å²) in [6.45, 7) is 5.13. The van der Waals surface area contributed by atoms with Crippen molar-refractivity contribution in [2.24, 2.45) is 0 Å². The number of nitriles is 1. The van der Waals surface area contributed by atoms with Gasteiger partial charge in [0.05, 0.1) is 17.8 Å². The van der Waals surface area contributed by atoms with Gasteiger partial charge in [-0.2, -0.15) is 10.4 Å². The van der Waals surface area contributed by atoms with Gasteiger partial charge in [-0.1, -0.05) is 19.4 Å². The minimum Gasteiger partial charge on any atom is -0.272 e. The molecule has 18 heavy (non-hydrogen) atoms. The van der Waals surface area contributed by atoms with E-state index >= 15 is 0 Å². The second-order valence-corrected chi connectivity index (χ2v) is 4.55. The molecule has 0 aliphatic carbocycles. The second-order valence-electron chi connectivity index (χ2n) is 4.55. The molecule has 0 saturated carbocycles. The maximum Gasteiger partial charge on any atom is 0.0991 e. The lowest BCUT2D eigenvalue weighted by atomic mass is 10.0. The number of aromatic nitrogens is 2. The molecule has 0 radical (unpaired) electrons. The Morgan fingerprint density at radius 1 is 1.28 bits per heavy atom. The van der Waals surface area contributed by atoms with Gasteiger partial charge in [0.1, 0.15) is 0 Å². The van der Waals surface area contributed by atoms with E-state index in [1.54, 1.807) is 0 Å². The molecule has 0 saturated heterocycles. The lowest BCUT2D eigenvalue weighted by Crippen LogP contribution is -1.96. The van der Waals surface area contributed by atoms with Crippen molar-refractivity contribution < 1.29 is 0 Å². The molecule has 2 aromatic rings. The van der Waals surface area contributed by atoms with E-state index in [2.05, 4.69) is 24.2 Å². The van der Waals surface area contributed by atoms with E-state index in [0.29, 0.717) is 5.56 Å². The average molecular weight is 239 g/mol. The van der Waals surface area contributed by atoms with Crippen molar-refractivity contribution in [2.45, 2.75) is 33.2 Å². The number of unbranched alkanes of at least 4 members (excludes halogenated alkanes) is 1. The van der Waals surface area contributed by atoms with Gasteiger partial charge in [-0.05, 0) is 36.6 Å². The fourth-order valence-electron chi connectivity index (χ4n) is 1.97. The third-order valence-electron chi connectivity index (χ3n) is 2.91. The molecule has 1 heterocycles. The van der Waals surface area contributed by atoms with Crippen LogP contribution in [0.2, 0.25) is 0 Å². The summed E-state index contributed by atoms with van der Waals surface area (Å²) >= 11 is 0. The number of rotatable bonds is 4. The fraction of sp³-hybridized carbons (Fsp3) is 0.333. The van der Waals surface area contributed by atoms with Gasteiger partial charge >= 0.3 is 0 Å². The fourth-order valence-corrected chi connectivity index (χ4v) is 1.97. The normalized spacial score (nSPS) is 10.3. The molecule has 3 heteroatoms. The largest absolute Gasteiger partial charge is 0.272 e. The van der Waals surface area contributed by atoms with E-state index in [1.807, 2.05) is 36.1 Å². The van der Waals surface area contributed by atoms with Crippen molar-refractivity contribution in [3.63, 3.8) is 0 Å². The van der Waals surface area contributed by atoms with Crippen molar-refractivity contribution >= 4 is 0 Å². The molecular formula is C15H17N3. The van der Waals surface area contributed by atoms with Crippen LogP contribution in [0, 0.1) is 18.3 Å². The quantitative estimate of drug-likeness (QED) is 0.819. The Labute approximate surface area is 108 Å². The molecule has 0 aliphatic rings. The highest BCUT2D eigenvalue weighted by atomic mass is 15.3. The first-order chi connectivity index (χ1) is 8.72. The molecule has 1 aromatic heterocycles. The van der Waals surface area contributed by atoms with E-state index in [-0.39, 0.29) is 0 Å². The van der Waals surface area contributed by atoms with E-state index in [4.69, 9.17) is 5.26 Å². The van der Waals surface area contributed by atoms with E-state index in [0.717, 1.165) is 36.1 Å². The molecule has 0 bridgehead atoms. The summed E-state index contributed by atoms with van der Waals surface area (Å²) in [7, 11) is 0. The summed E-state index contributed by atoms with van der Waals surface area (Å²) in [6.07, 6.45) is 6.22. The summed E-state index contributed by atoms with van der Waals surface area (Å²) in [5.41, 5.74) is 3.94. The monoisotopic (exact) mass is 239 g/mol. The first-order valence-corrected chi connectivity index (χ1v) is 6.27. The van der Waals surface area contributed by atoms with Crippen LogP contribution < -0.4 is 0 Å². The van der Waals surface area contributed by atoms with Gasteiger partial charge in [-0.3, -0.25) is 4.68 Å². The predicted octanol–water partition coefficient (Wildman–Crippen LogP) is 3.53. The van der Waals surface area contributed by atoms with E-state index < -0.39 is 0 Å². The highest BCUT2D eigenvalue weighted by Crippen LogP contribution is 2.21. The maximum atomic E-state index is 8.98. The van der Waals surface area contributed by atoms with Crippen LogP contribution in [0.15, 0.2) is 30.6 Å². The van der Waals surface area contributed by atoms with Crippen molar-refractivity contribution in [2.75, 3.05) is 0 Å². The minimum absolute atomic E-state index is 0.700. The summed E-state index contributed by atoms with van der Waals surface area (Å²) in [5.74, 6) is 0. The zero-order valence-corrected chi connectivity index (χ0v) is 10.8. The first kappa shape index (κ1) is 12.4. The summed E-state index contributed by atoms with van der Waals surface area (Å²) < 4.78 is 1.97. The standard InChI is InChI=1S/C15H17N3/c1-3-4-5-18-11-15(10-17-18)14-7-12(2)6-13(8-14)9-16/h6-8,10-11H,3-5H2,1-2H3. The van der Waals surface area contributed by atoms with Crippen LogP contribution in [0.1, 0.15) is 30.9 Å². The molecule has 0 amide bonds. The molecule has 3 nitrogen and oxygen atoms in total. The molecule has 0 aliphatic heterocycles. The molecule has 0 spiro atoms. The SMILES string of the molecule is CCCCn1cc(-c2cc(C)cc(C#N)c2)cn1. The van der Waals surface area contributed by atoms with Crippen LogP contribution in [0.25, 0.3) is 11.1 Å². The number of aryl methyl sites for hydroxylation is 2. The van der Waals surface area contributed by atoms with Gasteiger partial charge in [-0.15, -0.1) is 0 Å². The summed E-state index contributed by atoms with van der Waals surface area (Å²) in [4.78, 5) is 0. The first-order valence-electron chi connectivity index (χ1n) is 6.27. The van der Waals surface area contributed by atoms with Crippen molar-refractivity contribution in [1.82, 2.24) is 9.78 Å². The topological polar surface area (TPSA) is 41.6 Å². The average Bonchev–Trinajstić information content (AvgIpc) is 2.84.